The molecule has 0 spiro atoms. The summed E-state index contributed by atoms with van der Waals surface area (Å²) in [5.41, 5.74) is 0. The second-order valence-electron chi connectivity index (χ2n) is 3.77. The van der Waals surface area contributed by atoms with E-state index in [4.69, 9.17) is 14.9 Å². The Balaban J connectivity index is 2.46. The minimum Gasteiger partial charge on any atom is -0.394 e. The lowest BCUT2D eigenvalue weighted by atomic mass is 9.98. The molecule has 1 saturated heterocycles. The highest BCUT2D eigenvalue weighted by atomic mass is 16.5. The van der Waals surface area contributed by atoms with E-state index in [0.29, 0.717) is 13.0 Å². The molecular formula is C9H18O6. The van der Waals surface area contributed by atoms with E-state index in [2.05, 4.69) is 0 Å². The van der Waals surface area contributed by atoms with Crippen molar-refractivity contribution in [2.24, 2.45) is 0 Å². The third-order valence-electron chi connectivity index (χ3n) is 2.63. The highest BCUT2D eigenvalue weighted by molar-refractivity contribution is 4.86. The lowest BCUT2D eigenvalue weighted by Crippen LogP contribution is -2.49. The van der Waals surface area contributed by atoms with Gasteiger partial charge in [0.1, 0.15) is 24.4 Å². The highest BCUT2D eigenvalue weighted by Gasteiger charge is 2.36. The van der Waals surface area contributed by atoms with Crippen LogP contribution >= 0.6 is 0 Å². The van der Waals surface area contributed by atoms with Crippen molar-refractivity contribution in [3.05, 3.63) is 0 Å². The summed E-state index contributed by atoms with van der Waals surface area (Å²) in [6.45, 7) is -0.149. The molecule has 0 bridgehead atoms. The fraction of sp³-hybridized carbons (Fsp3) is 1.00. The van der Waals surface area contributed by atoms with Crippen LogP contribution in [-0.2, 0) is 4.74 Å². The van der Waals surface area contributed by atoms with E-state index in [1.165, 1.54) is 0 Å². The lowest BCUT2D eigenvalue weighted by molar-refractivity contribution is -0.142. The Hall–Kier alpha value is -0.240. The summed E-state index contributed by atoms with van der Waals surface area (Å²) >= 11 is 0. The molecular weight excluding hydrogens is 204 g/mol. The molecule has 6 nitrogen and oxygen atoms in total. The van der Waals surface area contributed by atoms with Crippen LogP contribution < -0.4 is 0 Å². The molecule has 90 valence electrons. The van der Waals surface area contributed by atoms with Gasteiger partial charge in [-0.3, -0.25) is 0 Å². The van der Waals surface area contributed by atoms with E-state index in [-0.39, 0.29) is 0 Å². The Morgan fingerprint density at radius 2 is 1.80 bits per heavy atom. The summed E-state index contributed by atoms with van der Waals surface area (Å²) in [6, 6.07) is 0. The van der Waals surface area contributed by atoms with Crippen molar-refractivity contribution in [1.29, 1.82) is 0 Å². The Bertz CT molecular complexity index is 181. The number of aliphatic hydroxyl groups is 5. The van der Waals surface area contributed by atoms with Crippen molar-refractivity contribution in [2.45, 2.75) is 43.4 Å². The van der Waals surface area contributed by atoms with Crippen molar-refractivity contribution in [3.63, 3.8) is 0 Å². The molecule has 1 rings (SSSR count). The molecule has 5 N–H and O–H groups in total. The first-order valence-electron chi connectivity index (χ1n) is 5.02. The smallest absolute Gasteiger partial charge is 0.111 e. The summed E-state index contributed by atoms with van der Waals surface area (Å²) in [6.07, 6.45) is -4.91. The fourth-order valence-electron chi connectivity index (χ4n) is 1.63. The normalized spacial score (nSPS) is 29.8. The molecule has 0 radical (unpaired) electrons. The standard InChI is InChI=1S/C9H18O6/c10-4-5(11)7(12)9(14)8(13)6-2-1-3-15-6/h5-14H,1-4H2/t5-,6?,7-,8-,9+/m1/s1. The van der Waals surface area contributed by atoms with Crippen LogP contribution in [0.3, 0.4) is 0 Å². The van der Waals surface area contributed by atoms with Crippen molar-refractivity contribution < 1.29 is 30.3 Å². The van der Waals surface area contributed by atoms with Gasteiger partial charge in [-0.1, -0.05) is 0 Å². The van der Waals surface area contributed by atoms with Gasteiger partial charge in [-0.25, -0.2) is 0 Å². The molecule has 0 saturated carbocycles. The molecule has 0 aliphatic carbocycles. The van der Waals surface area contributed by atoms with E-state index in [1.54, 1.807) is 0 Å². The van der Waals surface area contributed by atoms with Crippen LogP contribution in [-0.4, -0.2) is 69.3 Å². The molecule has 0 aromatic carbocycles. The minimum atomic E-state index is -1.57. The maximum absolute atomic E-state index is 9.60. The van der Waals surface area contributed by atoms with Crippen molar-refractivity contribution in [1.82, 2.24) is 0 Å². The SMILES string of the molecule is OC[C@@H](O)[C@@H](O)[C@H](O)[C@H](O)C1CCCO1. The Labute approximate surface area is 87.7 Å². The average Bonchev–Trinajstić information content (AvgIpc) is 2.78. The van der Waals surface area contributed by atoms with Crippen LogP contribution in [0.4, 0.5) is 0 Å². The van der Waals surface area contributed by atoms with Crippen molar-refractivity contribution >= 4 is 0 Å². The highest BCUT2D eigenvalue weighted by Crippen LogP contribution is 2.19. The third kappa shape index (κ3) is 3.10. The molecule has 1 aliphatic heterocycles. The maximum atomic E-state index is 9.60. The molecule has 1 fully saturated rings. The molecule has 15 heavy (non-hydrogen) atoms. The fourth-order valence-corrected chi connectivity index (χ4v) is 1.63. The first-order valence-corrected chi connectivity index (χ1v) is 5.02. The average molecular weight is 222 g/mol. The van der Waals surface area contributed by atoms with Gasteiger partial charge < -0.3 is 30.3 Å². The predicted octanol–water partition coefficient (Wildman–Crippen LogP) is -2.40. The van der Waals surface area contributed by atoms with Crippen LogP contribution in [0.25, 0.3) is 0 Å². The van der Waals surface area contributed by atoms with E-state index < -0.39 is 37.1 Å². The molecule has 0 aromatic rings. The number of hydrogen-bond acceptors (Lipinski definition) is 6. The number of hydrogen-bond donors (Lipinski definition) is 5. The van der Waals surface area contributed by atoms with Gasteiger partial charge in [-0.2, -0.15) is 0 Å². The van der Waals surface area contributed by atoms with Crippen LogP contribution in [0.5, 0.6) is 0 Å². The summed E-state index contributed by atoms with van der Waals surface area (Å²) < 4.78 is 5.13. The maximum Gasteiger partial charge on any atom is 0.111 e. The van der Waals surface area contributed by atoms with Gasteiger partial charge in [0, 0.05) is 6.61 Å². The van der Waals surface area contributed by atoms with E-state index >= 15 is 0 Å². The zero-order valence-electron chi connectivity index (χ0n) is 8.36. The van der Waals surface area contributed by atoms with Crippen molar-refractivity contribution in [2.75, 3.05) is 13.2 Å². The molecule has 5 atom stereocenters. The summed E-state index contributed by atoms with van der Waals surface area (Å²) in [7, 11) is 0. The minimum absolute atomic E-state index is 0.513. The molecule has 0 amide bonds. The van der Waals surface area contributed by atoms with Gasteiger partial charge in [0.05, 0.1) is 12.7 Å². The molecule has 1 heterocycles. The zero-order chi connectivity index (χ0) is 11.4. The van der Waals surface area contributed by atoms with E-state index in [0.717, 1.165) is 6.42 Å². The Morgan fingerprint density at radius 3 is 2.27 bits per heavy atom. The number of aliphatic hydroxyl groups excluding tert-OH is 5. The molecule has 1 aliphatic rings. The van der Waals surface area contributed by atoms with Crippen LogP contribution in [0.2, 0.25) is 0 Å². The van der Waals surface area contributed by atoms with Crippen LogP contribution in [0.1, 0.15) is 12.8 Å². The Kier molecular flexibility index (Phi) is 4.91. The first-order chi connectivity index (χ1) is 7.07. The second-order valence-corrected chi connectivity index (χ2v) is 3.77. The quantitative estimate of drug-likeness (QED) is 0.355. The largest absolute Gasteiger partial charge is 0.394 e. The van der Waals surface area contributed by atoms with E-state index in [9.17, 15) is 15.3 Å². The van der Waals surface area contributed by atoms with Gasteiger partial charge >= 0.3 is 0 Å². The summed E-state index contributed by atoms with van der Waals surface area (Å²) in [5.74, 6) is 0. The predicted molar refractivity (Wildman–Crippen MR) is 50.1 cm³/mol. The van der Waals surface area contributed by atoms with Gasteiger partial charge in [-0.05, 0) is 12.8 Å². The molecule has 1 unspecified atom stereocenters. The van der Waals surface area contributed by atoms with Crippen LogP contribution in [0, 0.1) is 0 Å². The van der Waals surface area contributed by atoms with Gasteiger partial charge in [0.15, 0.2) is 0 Å². The second kappa shape index (κ2) is 5.74. The third-order valence-corrected chi connectivity index (χ3v) is 2.63. The lowest BCUT2D eigenvalue weighted by Gasteiger charge is -2.28. The van der Waals surface area contributed by atoms with E-state index in [1.807, 2.05) is 0 Å². The van der Waals surface area contributed by atoms with Crippen molar-refractivity contribution in [3.8, 4) is 0 Å². The van der Waals surface area contributed by atoms with Gasteiger partial charge in [-0.15, -0.1) is 0 Å². The summed E-state index contributed by atoms with van der Waals surface area (Å²) in [4.78, 5) is 0. The first kappa shape index (κ1) is 12.8. The number of ether oxygens (including phenoxy) is 1. The van der Waals surface area contributed by atoms with Gasteiger partial charge in [0.25, 0.3) is 0 Å². The zero-order valence-corrected chi connectivity index (χ0v) is 8.36. The topological polar surface area (TPSA) is 110 Å². The monoisotopic (exact) mass is 222 g/mol. The number of rotatable bonds is 5. The summed E-state index contributed by atoms with van der Waals surface area (Å²) in [5, 5.41) is 46.1. The van der Waals surface area contributed by atoms with Gasteiger partial charge in [0.2, 0.25) is 0 Å². The Morgan fingerprint density at radius 1 is 1.13 bits per heavy atom. The molecule has 6 heteroatoms. The molecule has 0 aromatic heterocycles. The van der Waals surface area contributed by atoms with Crippen LogP contribution in [0.15, 0.2) is 0 Å².